The van der Waals surface area contributed by atoms with Gasteiger partial charge in [0.2, 0.25) is 5.91 Å². The Bertz CT molecular complexity index is 801. The average Bonchev–Trinajstić information content (AvgIpc) is 2.51. The molecule has 0 fully saturated rings. The van der Waals surface area contributed by atoms with E-state index >= 15 is 0 Å². The summed E-state index contributed by atoms with van der Waals surface area (Å²) < 4.78 is 75.8. The number of amides is 1. The second-order valence-corrected chi connectivity index (χ2v) is 5.87. The van der Waals surface area contributed by atoms with Crippen molar-refractivity contribution in [3.63, 3.8) is 0 Å². The zero-order chi connectivity index (χ0) is 19.5. The standard InChI is InChI=1S/C17H12ClF6NO/c18-14-7-11(4-5-13(14)17(22,23)24)9-25-15(26)8-10-2-1-3-12(6-10)16(19,20)21/h1-7H,8-9H2,(H,25,26). The Balaban J connectivity index is 1.98. The highest BCUT2D eigenvalue weighted by molar-refractivity contribution is 6.31. The summed E-state index contributed by atoms with van der Waals surface area (Å²) in [5.74, 6) is -0.569. The van der Waals surface area contributed by atoms with E-state index < -0.39 is 34.4 Å². The van der Waals surface area contributed by atoms with Gasteiger partial charge in [0.05, 0.1) is 22.6 Å². The molecule has 0 atom stereocenters. The number of carbonyl (C=O) groups excluding carboxylic acids is 1. The van der Waals surface area contributed by atoms with E-state index in [4.69, 9.17) is 11.6 Å². The average molecular weight is 396 g/mol. The fourth-order valence-corrected chi connectivity index (χ4v) is 2.51. The summed E-state index contributed by atoms with van der Waals surface area (Å²) in [6.45, 7) is -0.102. The molecular formula is C17H12ClF6NO. The highest BCUT2D eigenvalue weighted by Crippen LogP contribution is 2.35. The van der Waals surface area contributed by atoms with Crippen LogP contribution < -0.4 is 5.32 Å². The molecule has 2 nitrogen and oxygen atoms in total. The predicted octanol–water partition coefficient (Wildman–Crippen LogP) is 5.24. The molecule has 0 radical (unpaired) electrons. The van der Waals surface area contributed by atoms with Crippen molar-refractivity contribution in [1.82, 2.24) is 5.32 Å². The third-order valence-electron chi connectivity index (χ3n) is 3.45. The third-order valence-corrected chi connectivity index (χ3v) is 3.76. The van der Waals surface area contributed by atoms with Gasteiger partial charge in [-0.3, -0.25) is 4.79 Å². The van der Waals surface area contributed by atoms with Gasteiger partial charge in [0.1, 0.15) is 0 Å². The van der Waals surface area contributed by atoms with Crippen LogP contribution in [0.25, 0.3) is 0 Å². The summed E-state index contributed by atoms with van der Waals surface area (Å²) in [6.07, 6.45) is -9.38. The lowest BCUT2D eigenvalue weighted by molar-refractivity contribution is -0.138. The van der Waals surface area contributed by atoms with Gasteiger partial charge in [-0.1, -0.05) is 35.9 Å². The minimum absolute atomic E-state index is 0.102. The normalized spacial score (nSPS) is 12.1. The van der Waals surface area contributed by atoms with Crippen LogP contribution in [0.1, 0.15) is 22.3 Å². The number of halogens is 7. The third kappa shape index (κ3) is 5.39. The SMILES string of the molecule is O=C(Cc1cccc(C(F)(F)F)c1)NCc1ccc(C(F)(F)F)c(Cl)c1. The van der Waals surface area contributed by atoms with E-state index in [1.807, 2.05) is 0 Å². The van der Waals surface area contributed by atoms with Crippen LogP contribution in [0.3, 0.4) is 0 Å². The Morgan fingerprint density at radius 2 is 1.62 bits per heavy atom. The summed E-state index contributed by atoms with van der Waals surface area (Å²) >= 11 is 5.58. The summed E-state index contributed by atoms with van der Waals surface area (Å²) in [4.78, 5) is 11.9. The van der Waals surface area contributed by atoms with Gasteiger partial charge in [-0.05, 0) is 29.3 Å². The summed E-state index contributed by atoms with van der Waals surface area (Å²) in [5.41, 5.74) is -1.35. The molecule has 26 heavy (non-hydrogen) atoms. The first kappa shape index (κ1) is 20.1. The number of benzene rings is 2. The van der Waals surface area contributed by atoms with Crippen LogP contribution in [-0.2, 0) is 30.1 Å². The maximum Gasteiger partial charge on any atom is 0.417 e. The van der Waals surface area contributed by atoms with Crippen LogP contribution in [0.4, 0.5) is 26.3 Å². The molecule has 2 aromatic carbocycles. The molecule has 9 heteroatoms. The molecule has 0 aliphatic carbocycles. The smallest absolute Gasteiger partial charge is 0.352 e. The zero-order valence-electron chi connectivity index (χ0n) is 13.0. The molecule has 0 spiro atoms. The molecule has 140 valence electrons. The van der Waals surface area contributed by atoms with E-state index in [9.17, 15) is 31.1 Å². The van der Waals surface area contributed by atoms with Crippen LogP contribution in [0.15, 0.2) is 42.5 Å². The van der Waals surface area contributed by atoms with E-state index in [1.165, 1.54) is 18.2 Å². The van der Waals surface area contributed by atoms with Crippen molar-refractivity contribution in [1.29, 1.82) is 0 Å². The van der Waals surface area contributed by atoms with E-state index in [0.717, 1.165) is 24.3 Å². The molecule has 2 rings (SSSR count). The Morgan fingerprint density at radius 3 is 2.19 bits per heavy atom. The van der Waals surface area contributed by atoms with Crippen molar-refractivity contribution in [2.75, 3.05) is 0 Å². The minimum atomic E-state index is -4.58. The molecule has 0 saturated carbocycles. The fraction of sp³-hybridized carbons (Fsp3) is 0.235. The van der Waals surface area contributed by atoms with E-state index in [-0.39, 0.29) is 18.5 Å². The van der Waals surface area contributed by atoms with Crippen molar-refractivity contribution in [2.24, 2.45) is 0 Å². The van der Waals surface area contributed by atoms with Gasteiger partial charge in [0.15, 0.2) is 0 Å². The lowest BCUT2D eigenvalue weighted by Crippen LogP contribution is -2.24. The van der Waals surface area contributed by atoms with Crippen LogP contribution in [0, 0.1) is 0 Å². The Morgan fingerprint density at radius 1 is 0.923 bits per heavy atom. The quantitative estimate of drug-likeness (QED) is 0.705. The van der Waals surface area contributed by atoms with Gasteiger partial charge >= 0.3 is 12.4 Å². The number of hydrogen-bond acceptors (Lipinski definition) is 1. The van der Waals surface area contributed by atoms with Crippen molar-refractivity contribution in [3.05, 3.63) is 69.7 Å². The molecule has 0 aromatic heterocycles. The monoisotopic (exact) mass is 395 g/mol. The molecule has 1 amide bonds. The second kappa shape index (κ2) is 7.57. The Kier molecular flexibility index (Phi) is 5.85. The topological polar surface area (TPSA) is 29.1 Å². The molecular weight excluding hydrogens is 384 g/mol. The molecule has 0 heterocycles. The molecule has 0 saturated heterocycles. The number of alkyl halides is 6. The van der Waals surface area contributed by atoms with Crippen molar-refractivity contribution >= 4 is 17.5 Å². The van der Waals surface area contributed by atoms with Gasteiger partial charge in [-0.25, -0.2) is 0 Å². The van der Waals surface area contributed by atoms with Gasteiger partial charge < -0.3 is 5.32 Å². The minimum Gasteiger partial charge on any atom is -0.352 e. The Hall–Kier alpha value is -2.22. The second-order valence-electron chi connectivity index (χ2n) is 5.46. The molecule has 0 aliphatic heterocycles. The number of rotatable bonds is 4. The number of nitrogens with one attached hydrogen (secondary N) is 1. The first-order chi connectivity index (χ1) is 12.0. The molecule has 0 unspecified atom stereocenters. The maximum atomic E-state index is 12.6. The number of hydrogen-bond donors (Lipinski definition) is 1. The van der Waals surface area contributed by atoms with Crippen LogP contribution in [0.2, 0.25) is 5.02 Å². The van der Waals surface area contributed by atoms with Gasteiger partial charge in [-0.2, -0.15) is 26.3 Å². The van der Waals surface area contributed by atoms with Crippen molar-refractivity contribution in [2.45, 2.75) is 25.3 Å². The van der Waals surface area contributed by atoms with Crippen LogP contribution in [-0.4, -0.2) is 5.91 Å². The van der Waals surface area contributed by atoms with Gasteiger partial charge in [0, 0.05) is 6.54 Å². The first-order valence-electron chi connectivity index (χ1n) is 7.25. The van der Waals surface area contributed by atoms with Gasteiger partial charge in [0.25, 0.3) is 0 Å². The van der Waals surface area contributed by atoms with E-state index in [0.29, 0.717) is 5.56 Å². The van der Waals surface area contributed by atoms with Crippen LogP contribution in [0.5, 0.6) is 0 Å². The first-order valence-corrected chi connectivity index (χ1v) is 7.63. The van der Waals surface area contributed by atoms with E-state index in [1.54, 1.807) is 0 Å². The highest BCUT2D eigenvalue weighted by atomic mass is 35.5. The van der Waals surface area contributed by atoms with Crippen LogP contribution >= 0.6 is 11.6 Å². The molecule has 2 aromatic rings. The summed E-state index contributed by atoms with van der Waals surface area (Å²) in [5, 5.41) is 1.93. The fourth-order valence-electron chi connectivity index (χ4n) is 2.20. The lowest BCUT2D eigenvalue weighted by Gasteiger charge is -2.11. The van der Waals surface area contributed by atoms with Gasteiger partial charge in [-0.15, -0.1) is 0 Å². The zero-order valence-corrected chi connectivity index (χ0v) is 13.8. The largest absolute Gasteiger partial charge is 0.417 e. The summed E-state index contributed by atoms with van der Waals surface area (Å²) in [6, 6.07) is 7.38. The van der Waals surface area contributed by atoms with Crippen molar-refractivity contribution < 1.29 is 31.1 Å². The molecule has 0 aliphatic rings. The van der Waals surface area contributed by atoms with Crippen molar-refractivity contribution in [3.8, 4) is 0 Å². The number of carbonyl (C=O) groups is 1. The predicted molar refractivity (Wildman–Crippen MR) is 83.4 cm³/mol. The summed E-state index contributed by atoms with van der Waals surface area (Å²) in [7, 11) is 0. The molecule has 1 N–H and O–H groups in total. The maximum absolute atomic E-state index is 12.6. The highest BCUT2D eigenvalue weighted by Gasteiger charge is 2.33. The lowest BCUT2D eigenvalue weighted by atomic mass is 10.1. The Labute approximate surface area is 149 Å². The molecule has 0 bridgehead atoms. The van der Waals surface area contributed by atoms with E-state index in [2.05, 4.69) is 5.32 Å².